The van der Waals surface area contributed by atoms with Crippen molar-refractivity contribution in [2.75, 3.05) is 26.7 Å². The van der Waals surface area contributed by atoms with Crippen molar-refractivity contribution in [2.45, 2.75) is 51.8 Å². The molecular formula is C25H32N4O7. The zero-order chi connectivity index (χ0) is 26.6. The first-order valence-corrected chi connectivity index (χ1v) is 11.7. The van der Waals surface area contributed by atoms with Gasteiger partial charge in [-0.25, -0.2) is 9.59 Å². The van der Waals surface area contributed by atoms with Gasteiger partial charge in [0.15, 0.2) is 0 Å². The molecule has 0 saturated carbocycles. The van der Waals surface area contributed by atoms with E-state index in [0.29, 0.717) is 11.1 Å². The molecule has 1 saturated heterocycles. The van der Waals surface area contributed by atoms with E-state index in [9.17, 15) is 24.0 Å². The minimum Gasteiger partial charge on any atom is -0.468 e. The third-order valence-electron chi connectivity index (χ3n) is 5.82. The fourth-order valence-electron chi connectivity index (χ4n) is 4.17. The van der Waals surface area contributed by atoms with E-state index in [1.165, 1.54) is 36.9 Å². The summed E-state index contributed by atoms with van der Waals surface area (Å²) >= 11 is 0. The van der Waals surface area contributed by atoms with Gasteiger partial charge in [-0.1, -0.05) is 18.2 Å². The molecule has 2 heterocycles. The van der Waals surface area contributed by atoms with E-state index in [4.69, 9.17) is 9.47 Å². The van der Waals surface area contributed by atoms with Crippen LogP contribution in [-0.4, -0.2) is 70.4 Å². The summed E-state index contributed by atoms with van der Waals surface area (Å²) in [5.41, 5.74) is -1.68. The van der Waals surface area contributed by atoms with Gasteiger partial charge >= 0.3 is 17.8 Å². The number of nitrogens with one attached hydrogen (secondary N) is 1. The van der Waals surface area contributed by atoms with Crippen LogP contribution in [0.2, 0.25) is 0 Å². The first-order valence-electron chi connectivity index (χ1n) is 11.7. The molecule has 0 radical (unpaired) electrons. The highest BCUT2D eigenvalue weighted by Crippen LogP contribution is 2.27. The molecule has 36 heavy (non-hydrogen) atoms. The molecule has 1 fully saturated rings. The first kappa shape index (κ1) is 26.9. The average Bonchev–Trinajstić information content (AvgIpc) is 3.24. The van der Waals surface area contributed by atoms with Crippen LogP contribution < -0.4 is 16.6 Å². The summed E-state index contributed by atoms with van der Waals surface area (Å²) in [4.78, 5) is 65.3. The van der Waals surface area contributed by atoms with Crippen molar-refractivity contribution in [2.24, 2.45) is 0 Å². The molecule has 1 amide bonds. The molecule has 3 rings (SSSR count). The van der Waals surface area contributed by atoms with Crippen molar-refractivity contribution in [3.05, 3.63) is 68.5 Å². The lowest BCUT2D eigenvalue weighted by Gasteiger charge is -2.23. The van der Waals surface area contributed by atoms with Crippen LogP contribution >= 0.6 is 0 Å². The van der Waals surface area contributed by atoms with Gasteiger partial charge in [-0.05, 0) is 46.2 Å². The number of hydrogen-bond acceptors (Lipinski definition) is 8. The van der Waals surface area contributed by atoms with Gasteiger partial charge in [0.2, 0.25) is 0 Å². The number of hydrogen-bond donors (Lipinski definition) is 1. The zero-order valence-electron chi connectivity index (χ0n) is 21.1. The van der Waals surface area contributed by atoms with Gasteiger partial charge in [0.1, 0.15) is 11.6 Å². The highest BCUT2D eigenvalue weighted by molar-refractivity contribution is 5.95. The molecule has 0 unspecified atom stereocenters. The second kappa shape index (κ2) is 10.9. The van der Waals surface area contributed by atoms with E-state index < -0.39 is 46.9 Å². The highest BCUT2D eigenvalue weighted by atomic mass is 16.6. The normalized spacial score (nSPS) is 18.0. The molecule has 0 spiro atoms. The third-order valence-corrected chi connectivity index (χ3v) is 5.82. The lowest BCUT2D eigenvalue weighted by atomic mass is 10.1. The van der Waals surface area contributed by atoms with Gasteiger partial charge in [-0.3, -0.25) is 23.9 Å². The Hall–Kier alpha value is -3.73. The fourth-order valence-corrected chi connectivity index (χ4v) is 4.17. The van der Waals surface area contributed by atoms with E-state index in [-0.39, 0.29) is 30.6 Å². The summed E-state index contributed by atoms with van der Waals surface area (Å²) in [5, 5.41) is 2.65. The zero-order valence-corrected chi connectivity index (χ0v) is 21.1. The van der Waals surface area contributed by atoms with Crippen LogP contribution in [0.25, 0.3) is 0 Å². The van der Waals surface area contributed by atoms with Crippen molar-refractivity contribution in [1.29, 1.82) is 0 Å². The van der Waals surface area contributed by atoms with Crippen LogP contribution in [-0.2, 0) is 14.3 Å². The van der Waals surface area contributed by atoms with Crippen LogP contribution in [0.1, 0.15) is 49.2 Å². The largest absolute Gasteiger partial charge is 0.468 e. The van der Waals surface area contributed by atoms with Crippen LogP contribution in [0.3, 0.4) is 0 Å². The van der Waals surface area contributed by atoms with Crippen molar-refractivity contribution >= 4 is 18.0 Å². The summed E-state index contributed by atoms with van der Waals surface area (Å²) in [6.07, 6.45) is 1.07. The summed E-state index contributed by atoms with van der Waals surface area (Å²) in [6, 6.07) is 6.91. The number of carbonyl (C=O) groups excluding carboxylic acids is 3. The quantitative estimate of drug-likeness (QED) is 0.588. The molecule has 0 aliphatic carbocycles. The van der Waals surface area contributed by atoms with Crippen molar-refractivity contribution in [1.82, 2.24) is 19.4 Å². The highest BCUT2D eigenvalue weighted by Gasteiger charge is 2.39. The van der Waals surface area contributed by atoms with Crippen LogP contribution in [0.4, 0.5) is 4.79 Å². The third kappa shape index (κ3) is 6.09. The van der Waals surface area contributed by atoms with Crippen molar-refractivity contribution in [3.8, 4) is 0 Å². The van der Waals surface area contributed by atoms with Gasteiger partial charge in [0.05, 0.1) is 13.2 Å². The molecular weight excluding hydrogens is 468 g/mol. The Balaban J connectivity index is 1.85. The maximum absolute atomic E-state index is 13.3. The molecule has 1 aromatic heterocycles. The SMILES string of the molecule is COC(=O)[C@@H]1C[C@@H](n2cc(C)c(=O)n(C(=O)c3ccccc3)c2=O)CN1CCNC(=O)OC(C)(C)C. The molecule has 11 nitrogen and oxygen atoms in total. The van der Waals surface area contributed by atoms with Crippen LogP contribution in [0.5, 0.6) is 0 Å². The number of carbonyl (C=O) groups is 3. The maximum Gasteiger partial charge on any atom is 0.407 e. The molecule has 11 heteroatoms. The van der Waals surface area contributed by atoms with Crippen molar-refractivity contribution < 1.29 is 23.9 Å². The van der Waals surface area contributed by atoms with E-state index in [1.54, 1.807) is 43.9 Å². The molecule has 1 aromatic carbocycles. The molecule has 2 atom stereocenters. The molecule has 1 N–H and O–H groups in total. The smallest absolute Gasteiger partial charge is 0.407 e. The Bertz CT molecular complexity index is 1240. The number of alkyl carbamates (subject to hydrolysis) is 1. The number of aryl methyl sites for hydroxylation is 1. The standard InChI is InChI=1S/C25H32N4O7/c1-16-14-28(24(34)29(20(16)30)21(31)17-9-7-6-8-10-17)18-13-19(22(32)35-5)27(15-18)12-11-26-23(33)36-25(2,3)4/h6-10,14,18-19H,11-13,15H2,1-5H3,(H,26,33)/t18-,19+/m1/s1. The topological polar surface area (TPSA) is 129 Å². The predicted octanol–water partition coefficient (Wildman–Crippen LogP) is 1.32. The number of rotatable bonds is 6. The Morgan fingerprint density at radius 2 is 1.78 bits per heavy atom. The minimum atomic E-state index is -0.776. The van der Waals surface area contributed by atoms with Gasteiger partial charge in [0.25, 0.3) is 11.5 Å². The molecule has 2 aromatic rings. The Labute approximate surface area is 208 Å². The van der Waals surface area contributed by atoms with E-state index in [2.05, 4.69) is 5.32 Å². The Morgan fingerprint density at radius 3 is 2.39 bits per heavy atom. The fraction of sp³-hybridized carbons (Fsp3) is 0.480. The molecule has 0 bridgehead atoms. The van der Waals surface area contributed by atoms with Gasteiger partial charge < -0.3 is 14.8 Å². The summed E-state index contributed by atoms with van der Waals surface area (Å²) < 4.78 is 12.1. The summed E-state index contributed by atoms with van der Waals surface area (Å²) in [6.45, 7) is 7.57. The Morgan fingerprint density at radius 1 is 1.11 bits per heavy atom. The monoisotopic (exact) mass is 500 g/mol. The van der Waals surface area contributed by atoms with Crippen molar-refractivity contribution in [3.63, 3.8) is 0 Å². The number of likely N-dealkylation sites (tertiary alicyclic amines) is 1. The average molecular weight is 501 g/mol. The lowest BCUT2D eigenvalue weighted by molar-refractivity contribution is -0.145. The number of ether oxygens (including phenoxy) is 2. The van der Waals surface area contributed by atoms with Gasteiger partial charge in [-0.15, -0.1) is 0 Å². The van der Waals surface area contributed by atoms with E-state index >= 15 is 0 Å². The number of aromatic nitrogens is 2. The maximum atomic E-state index is 13.3. The summed E-state index contributed by atoms with van der Waals surface area (Å²) in [5.74, 6) is -1.20. The second-order valence-corrected chi connectivity index (χ2v) is 9.67. The molecule has 194 valence electrons. The minimum absolute atomic E-state index is 0.203. The predicted molar refractivity (Wildman–Crippen MR) is 131 cm³/mol. The van der Waals surface area contributed by atoms with Crippen LogP contribution in [0, 0.1) is 6.92 Å². The van der Waals surface area contributed by atoms with E-state index in [0.717, 1.165) is 0 Å². The second-order valence-electron chi connectivity index (χ2n) is 9.67. The number of amides is 1. The number of methoxy groups -OCH3 is 1. The van der Waals surface area contributed by atoms with Gasteiger partial charge in [0, 0.05) is 37.0 Å². The van der Waals surface area contributed by atoms with E-state index in [1.807, 2.05) is 0 Å². The number of nitrogens with zero attached hydrogens (tertiary/aromatic N) is 3. The van der Waals surface area contributed by atoms with Crippen LogP contribution in [0.15, 0.2) is 46.1 Å². The number of esters is 1. The lowest BCUT2D eigenvalue weighted by Crippen LogP contribution is -2.46. The first-order chi connectivity index (χ1) is 16.9. The number of benzene rings is 1. The summed E-state index contributed by atoms with van der Waals surface area (Å²) in [7, 11) is 1.28. The molecule has 1 aliphatic rings. The Kier molecular flexibility index (Phi) is 8.13. The molecule has 1 aliphatic heterocycles. The van der Waals surface area contributed by atoms with Gasteiger partial charge in [-0.2, -0.15) is 4.57 Å².